The maximum absolute atomic E-state index is 10.8. The molecule has 2 aromatic rings. The lowest BCUT2D eigenvalue weighted by atomic mass is 10.4. The van der Waals surface area contributed by atoms with Gasteiger partial charge < -0.3 is 8.98 Å². The number of furan rings is 1. The largest absolute Gasteiger partial charge is 0.467 e. The van der Waals surface area contributed by atoms with Crippen LogP contribution in [0.15, 0.2) is 33.4 Å². The van der Waals surface area contributed by atoms with Crippen LogP contribution in [0.3, 0.4) is 0 Å². The standard InChI is InChI=1S/C11H10BrNO2/c1-8-11(12)5-9(7-14)13(8)6-10-3-2-4-15-10/h2-5,7H,6H2,1H3. The van der Waals surface area contributed by atoms with E-state index in [0.29, 0.717) is 12.2 Å². The van der Waals surface area contributed by atoms with E-state index in [-0.39, 0.29) is 0 Å². The molecule has 0 atom stereocenters. The average molecular weight is 268 g/mol. The first-order valence-corrected chi connectivity index (χ1v) is 5.35. The molecule has 0 radical (unpaired) electrons. The number of hydrogen-bond acceptors (Lipinski definition) is 2. The zero-order valence-corrected chi connectivity index (χ0v) is 9.82. The van der Waals surface area contributed by atoms with Crippen LogP contribution in [-0.2, 0) is 6.54 Å². The van der Waals surface area contributed by atoms with Crippen molar-refractivity contribution in [2.45, 2.75) is 13.5 Å². The van der Waals surface area contributed by atoms with Gasteiger partial charge in [-0.25, -0.2) is 0 Å². The lowest BCUT2D eigenvalue weighted by molar-refractivity contribution is 0.111. The van der Waals surface area contributed by atoms with Gasteiger partial charge in [0.15, 0.2) is 6.29 Å². The summed E-state index contributed by atoms with van der Waals surface area (Å²) in [6.45, 7) is 2.54. The number of rotatable bonds is 3. The minimum absolute atomic E-state index is 0.582. The maximum Gasteiger partial charge on any atom is 0.166 e. The number of aromatic nitrogens is 1. The van der Waals surface area contributed by atoms with Crippen molar-refractivity contribution in [3.63, 3.8) is 0 Å². The number of halogens is 1. The van der Waals surface area contributed by atoms with Crippen molar-refractivity contribution < 1.29 is 9.21 Å². The van der Waals surface area contributed by atoms with Crippen LogP contribution in [-0.4, -0.2) is 10.9 Å². The summed E-state index contributed by atoms with van der Waals surface area (Å²) < 4.78 is 8.10. The van der Waals surface area contributed by atoms with Crippen molar-refractivity contribution in [1.82, 2.24) is 4.57 Å². The monoisotopic (exact) mass is 267 g/mol. The van der Waals surface area contributed by atoms with E-state index in [1.807, 2.05) is 29.7 Å². The Bertz CT molecular complexity index is 471. The van der Waals surface area contributed by atoms with Crippen molar-refractivity contribution in [2.24, 2.45) is 0 Å². The summed E-state index contributed by atoms with van der Waals surface area (Å²) in [4.78, 5) is 10.8. The van der Waals surface area contributed by atoms with Gasteiger partial charge in [-0.3, -0.25) is 4.79 Å². The van der Waals surface area contributed by atoms with Gasteiger partial charge in [-0.05, 0) is 41.1 Å². The number of aldehydes is 1. The van der Waals surface area contributed by atoms with Gasteiger partial charge in [0.2, 0.25) is 0 Å². The first-order chi connectivity index (χ1) is 7.22. The third-order valence-electron chi connectivity index (χ3n) is 2.35. The molecule has 0 N–H and O–H groups in total. The highest BCUT2D eigenvalue weighted by atomic mass is 79.9. The fourth-order valence-electron chi connectivity index (χ4n) is 1.50. The van der Waals surface area contributed by atoms with E-state index in [1.54, 1.807) is 6.26 Å². The van der Waals surface area contributed by atoms with E-state index in [4.69, 9.17) is 4.42 Å². The smallest absolute Gasteiger partial charge is 0.166 e. The zero-order chi connectivity index (χ0) is 10.8. The maximum atomic E-state index is 10.8. The lowest BCUT2D eigenvalue weighted by Crippen LogP contribution is -2.04. The number of nitrogens with zero attached hydrogens (tertiary/aromatic N) is 1. The van der Waals surface area contributed by atoms with Crippen LogP contribution in [0.25, 0.3) is 0 Å². The Labute approximate surface area is 95.8 Å². The van der Waals surface area contributed by atoms with E-state index in [2.05, 4.69) is 15.9 Å². The van der Waals surface area contributed by atoms with E-state index in [1.165, 1.54) is 0 Å². The molecule has 0 unspecified atom stereocenters. The average Bonchev–Trinajstić information content (AvgIpc) is 2.82. The molecular weight excluding hydrogens is 258 g/mol. The molecule has 0 spiro atoms. The van der Waals surface area contributed by atoms with Crippen LogP contribution < -0.4 is 0 Å². The highest BCUT2D eigenvalue weighted by Gasteiger charge is 2.10. The molecule has 0 amide bonds. The first-order valence-electron chi connectivity index (χ1n) is 4.55. The molecule has 0 saturated heterocycles. The quantitative estimate of drug-likeness (QED) is 0.802. The van der Waals surface area contributed by atoms with Crippen molar-refractivity contribution in [3.05, 3.63) is 46.1 Å². The Hall–Kier alpha value is -1.29. The molecule has 0 fully saturated rings. The summed E-state index contributed by atoms with van der Waals surface area (Å²) in [5.74, 6) is 0.837. The van der Waals surface area contributed by atoms with Gasteiger partial charge in [-0.15, -0.1) is 0 Å². The summed E-state index contributed by atoms with van der Waals surface area (Å²) in [5, 5.41) is 0. The number of carbonyl (C=O) groups is 1. The Kier molecular flexibility index (Phi) is 2.77. The van der Waals surface area contributed by atoms with E-state index in [9.17, 15) is 4.79 Å². The van der Waals surface area contributed by atoms with E-state index in [0.717, 1.165) is 22.2 Å². The Morgan fingerprint density at radius 2 is 2.40 bits per heavy atom. The highest BCUT2D eigenvalue weighted by molar-refractivity contribution is 9.10. The molecule has 2 aromatic heterocycles. The van der Waals surface area contributed by atoms with E-state index < -0.39 is 0 Å². The van der Waals surface area contributed by atoms with Gasteiger partial charge in [-0.2, -0.15) is 0 Å². The SMILES string of the molecule is Cc1c(Br)cc(C=O)n1Cc1ccco1. The van der Waals surface area contributed by atoms with Gasteiger partial charge in [0, 0.05) is 10.2 Å². The highest BCUT2D eigenvalue weighted by Crippen LogP contribution is 2.21. The molecule has 0 saturated carbocycles. The Balaban J connectivity index is 2.38. The zero-order valence-electron chi connectivity index (χ0n) is 8.24. The van der Waals surface area contributed by atoms with Crippen LogP contribution in [0.2, 0.25) is 0 Å². The Morgan fingerprint density at radius 3 is 3.00 bits per heavy atom. The third-order valence-corrected chi connectivity index (χ3v) is 3.15. The molecule has 78 valence electrons. The second kappa shape index (κ2) is 4.06. The molecule has 0 bridgehead atoms. The van der Waals surface area contributed by atoms with Crippen molar-refractivity contribution >= 4 is 22.2 Å². The van der Waals surface area contributed by atoms with Crippen LogP contribution in [0.5, 0.6) is 0 Å². The molecule has 3 nitrogen and oxygen atoms in total. The van der Waals surface area contributed by atoms with Crippen LogP contribution in [0.4, 0.5) is 0 Å². The topological polar surface area (TPSA) is 35.1 Å². The molecule has 15 heavy (non-hydrogen) atoms. The molecule has 0 aliphatic heterocycles. The van der Waals surface area contributed by atoms with E-state index >= 15 is 0 Å². The second-order valence-electron chi connectivity index (χ2n) is 3.29. The molecule has 2 rings (SSSR count). The molecule has 0 aromatic carbocycles. The summed E-state index contributed by atoms with van der Waals surface area (Å²) >= 11 is 3.40. The van der Waals surface area contributed by atoms with Crippen molar-refractivity contribution in [1.29, 1.82) is 0 Å². The summed E-state index contributed by atoms with van der Waals surface area (Å²) in [6, 6.07) is 5.54. The lowest BCUT2D eigenvalue weighted by Gasteiger charge is -2.05. The van der Waals surface area contributed by atoms with Crippen LogP contribution in [0, 0.1) is 6.92 Å². The van der Waals surface area contributed by atoms with Gasteiger partial charge >= 0.3 is 0 Å². The van der Waals surface area contributed by atoms with Gasteiger partial charge in [-0.1, -0.05) is 0 Å². The normalized spacial score (nSPS) is 10.5. The Morgan fingerprint density at radius 1 is 1.60 bits per heavy atom. The van der Waals surface area contributed by atoms with Crippen LogP contribution in [0.1, 0.15) is 21.9 Å². The minimum Gasteiger partial charge on any atom is -0.467 e. The third kappa shape index (κ3) is 1.90. The molecular formula is C11H10BrNO2. The molecule has 0 aliphatic carbocycles. The summed E-state index contributed by atoms with van der Waals surface area (Å²) in [5.41, 5.74) is 1.67. The fraction of sp³-hybridized carbons (Fsp3) is 0.182. The van der Waals surface area contributed by atoms with Gasteiger partial charge in [0.1, 0.15) is 5.76 Å². The predicted molar refractivity (Wildman–Crippen MR) is 60.1 cm³/mol. The molecule has 0 aliphatic rings. The second-order valence-corrected chi connectivity index (χ2v) is 4.14. The minimum atomic E-state index is 0.582. The first kappa shape index (κ1) is 10.2. The molecule has 4 heteroatoms. The number of hydrogen-bond donors (Lipinski definition) is 0. The van der Waals surface area contributed by atoms with Crippen molar-refractivity contribution in [3.8, 4) is 0 Å². The fourth-order valence-corrected chi connectivity index (χ4v) is 1.95. The summed E-state index contributed by atoms with van der Waals surface area (Å²) in [6.07, 6.45) is 2.48. The van der Waals surface area contributed by atoms with Crippen molar-refractivity contribution in [2.75, 3.05) is 0 Å². The number of carbonyl (C=O) groups excluding carboxylic acids is 1. The van der Waals surface area contributed by atoms with Gasteiger partial charge in [0.05, 0.1) is 18.5 Å². The summed E-state index contributed by atoms with van der Waals surface area (Å²) in [7, 11) is 0. The predicted octanol–water partition coefficient (Wildman–Crippen LogP) is 3.01. The van der Waals surface area contributed by atoms with Crippen LogP contribution >= 0.6 is 15.9 Å². The van der Waals surface area contributed by atoms with Gasteiger partial charge in [0.25, 0.3) is 0 Å². The molecule has 2 heterocycles.